The molecule has 0 saturated carbocycles. The van der Waals surface area contributed by atoms with Crippen molar-refractivity contribution < 1.29 is 9.67 Å². The summed E-state index contributed by atoms with van der Waals surface area (Å²) in [5, 5.41) is 9.46. The number of hydrogen-bond acceptors (Lipinski definition) is 1. The molecule has 1 atom stereocenters. The van der Waals surface area contributed by atoms with Gasteiger partial charge in [-0.3, -0.25) is 0 Å². The molecular formula is C17H33N2O+. The third-order valence-corrected chi connectivity index (χ3v) is 4.13. The fourth-order valence-corrected chi connectivity index (χ4v) is 2.41. The summed E-state index contributed by atoms with van der Waals surface area (Å²) in [6.45, 7) is 14.7. The topological polar surface area (TPSA) is 29.0 Å². The Hall–Kier alpha value is -0.830. The van der Waals surface area contributed by atoms with Crippen molar-refractivity contribution in [3.63, 3.8) is 0 Å². The quantitative estimate of drug-likeness (QED) is 0.629. The zero-order valence-electron chi connectivity index (χ0n) is 14.2. The summed E-state index contributed by atoms with van der Waals surface area (Å²) >= 11 is 0. The van der Waals surface area contributed by atoms with E-state index in [2.05, 4.69) is 69.4 Å². The summed E-state index contributed by atoms with van der Waals surface area (Å²) in [7, 11) is 0. The maximum atomic E-state index is 9.46. The van der Waals surface area contributed by atoms with Gasteiger partial charge in [-0.05, 0) is 51.4 Å². The molecule has 3 nitrogen and oxygen atoms in total. The highest BCUT2D eigenvalue weighted by molar-refractivity contribution is 4.78. The van der Waals surface area contributed by atoms with Gasteiger partial charge in [-0.25, -0.2) is 9.13 Å². The van der Waals surface area contributed by atoms with Crippen molar-refractivity contribution in [3.8, 4) is 0 Å². The predicted molar refractivity (Wildman–Crippen MR) is 83.5 cm³/mol. The molecule has 0 fully saturated rings. The van der Waals surface area contributed by atoms with E-state index in [0.717, 1.165) is 13.0 Å². The van der Waals surface area contributed by atoms with Crippen LogP contribution in [0.5, 0.6) is 0 Å². The van der Waals surface area contributed by atoms with Gasteiger partial charge in [-0.1, -0.05) is 20.8 Å². The van der Waals surface area contributed by atoms with Gasteiger partial charge < -0.3 is 5.11 Å². The summed E-state index contributed by atoms with van der Waals surface area (Å²) in [4.78, 5) is 0. The van der Waals surface area contributed by atoms with Gasteiger partial charge >= 0.3 is 0 Å². The Kier molecular flexibility index (Phi) is 5.81. The summed E-state index contributed by atoms with van der Waals surface area (Å²) in [5.74, 6) is 0.409. The first kappa shape index (κ1) is 17.2. The van der Waals surface area contributed by atoms with Crippen molar-refractivity contribution in [2.45, 2.75) is 72.9 Å². The largest absolute Gasteiger partial charge is 0.396 e. The summed E-state index contributed by atoms with van der Waals surface area (Å²) in [6.07, 6.45) is 9.94. The summed E-state index contributed by atoms with van der Waals surface area (Å²) in [6, 6.07) is 0. The average Bonchev–Trinajstić information content (AvgIpc) is 2.75. The molecule has 0 aliphatic heterocycles. The Morgan fingerprint density at radius 2 is 1.75 bits per heavy atom. The normalized spacial score (nSPS) is 14.6. The molecule has 1 aromatic rings. The standard InChI is InChI=1S/C17H33N2O/c1-16(2,3)15(13-20)9-7-8-10-18-11-12-19(14-18)17(4,5)6/h11-12,14-15,20H,7-10,13H2,1-6H3/q+1. The first-order chi connectivity index (χ1) is 9.14. The average molecular weight is 281 g/mol. The fourth-order valence-electron chi connectivity index (χ4n) is 2.41. The Morgan fingerprint density at radius 3 is 2.20 bits per heavy atom. The lowest BCUT2D eigenvalue weighted by atomic mass is 9.78. The zero-order valence-corrected chi connectivity index (χ0v) is 14.2. The van der Waals surface area contributed by atoms with E-state index in [1.54, 1.807) is 0 Å². The zero-order chi connectivity index (χ0) is 15.4. The molecule has 0 bridgehead atoms. The lowest BCUT2D eigenvalue weighted by Gasteiger charge is -2.28. The number of rotatable bonds is 6. The third kappa shape index (κ3) is 5.28. The van der Waals surface area contributed by atoms with E-state index in [0.29, 0.717) is 12.5 Å². The van der Waals surface area contributed by atoms with E-state index in [1.165, 1.54) is 12.8 Å². The number of aryl methyl sites for hydroxylation is 1. The first-order valence-corrected chi connectivity index (χ1v) is 7.83. The molecular weight excluding hydrogens is 248 g/mol. The summed E-state index contributed by atoms with van der Waals surface area (Å²) < 4.78 is 4.51. The lowest BCUT2D eigenvalue weighted by molar-refractivity contribution is -0.697. The highest BCUT2D eigenvalue weighted by Gasteiger charge is 2.23. The molecule has 1 N–H and O–H groups in total. The van der Waals surface area contributed by atoms with Crippen LogP contribution in [0.2, 0.25) is 0 Å². The lowest BCUT2D eigenvalue weighted by Crippen LogP contribution is -2.33. The van der Waals surface area contributed by atoms with Crippen molar-refractivity contribution in [3.05, 3.63) is 18.7 Å². The van der Waals surface area contributed by atoms with Crippen LogP contribution < -0.4 is 4.57 Å². The minimum Gasteiger partial charge on any atom is -0.396 e. The van der Waals surface area contributed by atoms with Gasteiger partial charge in [0, 0.05) is 6.61 Å². The monoisotopic (exact) mass is 281 g/mol. The van der Waals surface area contributed by atoms with Crippen LogP contribution in [0.25, 0.3) is 0 Å². The second-order valence-corrected chi connectivity index (χ2v) is 7.97. The van der Waals surface area contributed by atoms with Gasteiger partial charge in [0.15, 0.2) is 0 Å². The van der Waals surface area contributed by atoms with Crippen LogP contribution in [0.1, 0.15) is 60.8 Å². The molecule has 1 aromatic heterocycles. The second kappa shape index (κ2) is 6.75. The first-order valence-electron chi connectivity index (χ1n) is 7.83. The maximum Gasteiger partial charge on any atom is 0.244 e. The van der Waals surface area contributed by atoms with Gasteiger partial charge in [0.2, 0.25) is 6.33 Å². The van der Waals surface area contributed by atoms with Crippen molar-refractivity contribution in [1.29, 1.82) is 0 Å². The Morgan fingerprint density at radius 1 is 1.10 bits per heavy atom. The van der Waals surface area contributed by atoms with E-state index < -0.39 is 0 Å². The number of nitrogens with zero attached hydrogens (tertiary/aromatic N) is 2. The number of aliphatic hydroxyl groups excluding tert-OH is 1. The Labute approximate surface area is 124 Å². The summed E-state index contributed by atoms with van der Waals surface area (Å²) in [5.41, 5.74) is 0.358. The van der Waals surface area contributed by atoms with Crippen LogP contribution in [-0.2, 0) is 12.1 Å². The number of imidazole rings is 1. The Balaban J connectivity index is 2.36. The molecule has 20 heavy (non-hydrogen) atoms. The molecule has 1 unspecified atom stereocenters. The van der Waals surface area contributed by atoms with Gasteiger partial charge in [0.25, 0.3) is 0 Å². The van der Waals surface area contributed by atoms with E-state index >= 15 is 0 Å². The van der Waals surface area contributed by atoms with E-state index in [1.807, 2.05) is 0 Å². The molecule has 116 valence electrons. The van der Waals surface area contributed by atoms with E-state index in [9.17, 15) is 5.11 Å². The minimum atomic E-state index is 0.152. The highest BCUT2D eigenvalue weighted by atomic mass is 16.3. The molecule has 0 aliphatic rings. The van der Waals surface area contributed by atoms with Crippen LogP contribution in [0, 0.1) is 11.3 Å². The SMILES string of the molecule is CC(C)(C)C(CO)CCCC[n+]1ccn(C(C)(C)C)c1. The van der Waals surface area contributed by atoms with Crippen LogP contribution in [0.15, 0.2) is 18.7 Å². The maximum absolute atomic E-state index is 9.46. The molecule has 0 aromatic carbocycles. The van der Waals surface area contributed by atoms with Crippen LogP contribution in [0.4, 0.5) is 0 Å². The molecule has 0 aliphatic carbocycles. The minimum absolute atomic E-state index is 0.152. The van der Waals surface area contributed by atoms with E-state index in [4.69, 9.17) is 0 Å². The molecule has 1 rings (SSSR count). The van der Waals surface area contributed by atoms with Crippen LogP contribution >= 0.6 is 0 Å². The molecule has 3 heteroatoms. The highest BCUT2D eigenvalue weighted by Crippen LogP contribution is 2.29. The molecule has 0 saturated heterocycles. The third-order valence-electron chi connectivity index (χ3n) is 4.13. The van der Waals surface area contributed by atoms with Crippen molar-refractivity contribution in [2.24, 2.45) is 11.3 Å². The number of hydrogen-bond donors (Lipinski definition) is 1. The fraction of sp³-hybridized carbons (Fsp3) is 0.824. The van der Waals surface area contributed by atoms with Crippen molar-refractivity contribution in [2.75, 3.05) is 6.61 Å². The second-order valence-electron chi connectivity index (χ2n) is 7.97. The Bertz CT molecular complexity index is 396. The molecule has 1 heterocycles. The smallest absolute Gasteiger partial charge is 0.244 e. The predicted octanol–water partition coefficient (Wildman–Crippen LogP) is 3.36. The van der Waals surface area contributed by atoms with Crippen molar-refractivity contribution >= 4 is 0 Å². The molecule has 0 radical (unpaired) electrons. The molecule has 0 spiro atoms. The van der Waals surface area contributed by atoms with Gasteiger partial charge in [0.1, 0.15) is 17.9 Å². The van der Waals surface area contributed by atoms with Crippen molar-refractivity contribution in [1.82, 2.24) is 4.57 Å². The van der Waals surface area contributed by atoms with Gasteiger partial charge in [-0.15, -0.1) is 0 Å². The van der Waals surface area contributed by atoms with Crippen LogP contribution in [0.3, 0.4) is 0 Å². The number of unbranched alkanes of at least 4 members (excludes halogenated alkanes) is 1. The number of aromatic nitrogens is 2. The number of aliphatic hydroxyl groups is 1. The van der Waals surface area contributed by atoms with Gasteiger partial charge in [0.05, 0.1) is 6.54 Å². The molecule has 0 amide bonds. The van der Waals surface area contributed by atoms with Gasteiger partial charge in [-0.2, -0.15) is 0 Å². The van der Waals surface area contributed by atoms with E-state index in [-0.39, 0.29) is 11.0 Å². The van der Waals surface area contributed by atoms with Crippen LogP contribution in [-0.4, -0.2) is 16.3 Å².